The molecule has 5 heteroatoms. The molecule has 0 aromatic heterocycles. The van der Waals surface area contributed by atoms with E-state index in [0.717, 1.165) is 51.5 Å². The maximum absolute atomic E-state index is 13.0. The van der Waals surface area contributed by atoms with Crippen LogP contribution in [0.5, 0.6) is 0 Å². The molecular weight excluding hydrogens is 376 g/mol. The maximum atomic E-state index is 13.0. The molecule has 1 aromatic rings. The minimum atomic E-state index is -0.213. The highest BCUT2D eigenvalue weighted by atomic mass is 16.6. The van der Waals surface area contributed by atoms with Gasteiger partial charge < -0.3 is 19.7 Å². The molecule has 1 aliphatic heterocycles. The average Bonchev–Trinajstić information content (AvgIpc) is 3.54. The van der Waals surface area contributed by atoms with Gasteiger partial charge in [0.05, 0.1) is 6.61 Å². The number of nitrogens with zero attached hydrogens (tertiary/aromatic N) is 1. The first-order valence-corrected chi connectivity index (χ1v) is 11.6. The van der Waals surface area contributed by atoms with E-state index < -0.39 is 0 Å². The van der Waals surface area contributed by atoms with Crippen LogP contribution in [0.4, 0.5) is 4.79 Å². The topological polar surface area (TPSA) is 50.8 Å². The lowest BCUT2D eigenvalue weighted by atomic mass is 9.79. The predicted molar refractivity (Wildman–Crippen MR) is 119 cm³/mol. The van der Waals surface area contributed by atoms with Gasteiger partial charge in [-0.05, 0) is 56.7 Å². The monoisotopic (exact) mass is 412 g/mol. The van der Waals surface area contributed by atoms with Crippen molar-refractivity contribution in [3.8, 4) is 0 Å². The van der Waals surface area contributed by atoms with Crippen LogP contribution >= 0.6 is 0 Å². The van der Waals surface area contributed by atoms with Gasteiger partial charge in [-0.2, -0.15) is 0 Å². The van der Waals surface area contributed by atoms with E-state index in [9.17, 15) is 4.79 Å². The molecule has 1 amide bonds. The zero-order valence-electron chi connectivity index (χ0n) is 18.1. The lowest BCUT2D eigenvalue weighted by Gasteiger charge is -2.41. The summed E-state index contributed by atoms with van der Waals surface area (Å²) in [5, 5.41) is 3.47. The second-order valence-electron chi connectivity index (χ2n) is 9.38. The van der Waals surface area contributed by atoms with Crippen LogP contribution in [0.15, 0.2) is 43.0 Å². The van der Waals surface area contributed by atoms with Gasteiger partial charge in [0, 0.05) is 30.5 Å². The number of amides is 1. The molecule has 2 unspecified atom stereocenters. The molecule has 1 saturated heterocycles. The van der Waals surface area contributed by atoms with Crippen LogP contribution in [0.25, 0.3) is 0 Å². The van der Waals surface area contributed by atoms with E-state index in [1.54, 1.807) is 6.08 Å². The van der Waals surface area contributed by atoms with Crippen molar-refractivity contribution in [3.63, 3.8) is 0 Å². The Hall–Kier alpha value is -1.85. The summed E-state index contributed by atoms with van der Waals surface area (Å²) >= 11 is 0. The fourth-order valence-corrected chi connectivity index (χ4v) is 4.88. The molecular formula is C25H36N2O3. The largest absolute Gasteiger partial charge is 0.445 e. The lowest BCUT2D eigenvalue weighted by molar-refractivity contribution is -0.0215. The van der Waals surface area contributed by atoms with Crippen molar-refractivity contribution in [1.82, 2.24) is 10.2 Å². The van der Waals surface area contributed by atoms with Crippen LogP contribution < -0.4 is 5.32 Å². The van der Waals surface area contributed by atoms with E-state index in [0.29, 0.717) is 12.5 Å². The van der Waals surface area contributed by atoms with Gasteiger partial charge in [0.2, 0.25) is 0 Å². The third kappa shape index (κ3) is 5.25. The van der Waals surface area contributed by atoms with Gasteiger partial charge in [-0.1, -0.05) is 49.4 Å². The molecule has 2 atom stereocenters. The summed E-state index contributed by atoms with van der Waals surface area (Å²) in [6, 6.07) is 10.7. The van der Waals surface area contributed by atoms with E-state index in [2.05, 4.69) is 36.2 Å². The summed E-state index contributed by atoms with van der Waals surface area (Å²) in [7, 11) is 0. The molecule has 30 heavy (non-hydrogen) atoms. The summed E-state index contributed by atoms with van der Waals surface area (Å²) in [4.78, 5) is 15.0. The van der Waals surface area contributed by atoms with Crippen LogP contribution in [0, 0.1) is 11.3 Å². The Bertz CT molecular complexity index is 698. The Morgan fingerprint density at radius 2 is 2.00 bits per heavy atom. The summed E-state index contributed by atoms with van der Waals surface area (Å²) in [6.07, 6.45) is 8.44. The molecule has 2 aliphatic carbocycles. The molecule has 4 rings (SSSR count). The molecule has 5 nitrogen and oxygen atoms in total. The molecule has 164 valence electrons. The minimum Gasteiger partial charge on any atom is -0.445 e. The van der Waals surface area contributed by atoms with Crippen LogP contribution in [0.1, 0.15) is 50.0 Å². The van der Waals surface area contributed by atoms with Crippen molar-refractivity contribution in [2.75, 3.05) is 39.5 Å². The minimum absolute atomic E-state index is 0.00598. The number of carbonyl (C=O) groups excluding carboxylic acids is 1. The van der Waals surface area contributed by atoms with Gasteiger partial charge in [-0.15, -0.1) is 0 Å². The molecule has 1 aromatic carbocycles. The normalized spacial score (nSPS) is 25.2. The van der Waals surface area contributed by atoms with Gasteiger partial charge in [0.1, 0.15) is 6.61 Å². The number of piperidine rings is 1. The number of hydrogen-bond acceptors (Lipinski definition) is 4. The van der Waals surface area contributed by atoms with Gasteiger partial charge in [0.25, 0.3) is 0 Å². The smallest absolute Gasteiger partial charge is 0.410 e. The summed E-state index contributed by atoms with van der Waals surface area (Å²) in [6.45, 7) is 8.22. The first-order valence-electron chi connectivity index (χ1n) is 11.6. The zero-order chi connectivity index (χ0) is 20.8. The molecule has 1 N–H and O–H groups in total. The van der Waals surface area contributed by atoms with Crippen molar-refractivity contribution < 1.29 is 14.3 Å². The number of carbonyl (C=O) groups is 1. The third-order valence-electron chi connectivity index (χ3n) is 7.10. The highest BCUT2D eigenvalue weighted by Crippen LogP contribution is 2.46. The van der Waals surface area contributed by atoms with Crippen molar-refractivity contribution >= 4 is 6.09 Å². The highest BCUT2D eigenvalue weighted by Gasteiger charge is 2.48. The zero-order valence-corrected chi connectivity index (χ0v) is 18.1. The molecule has 2 saturated carbocycles. The Morgan fingerprint density at radius 3 is 2.67 bits per heavy atom. The van der Waals surface area contributed by atoms with Crippen LogP contribution in [-0.4, -0.2) is 56.5 Å². The van der Waals surface area contributed by atoms with E-state index in [1.807, 2.05) is 11.0 Å². The second-order valence-corrected chi connectivity index (χ2v) is 9.38. The molecule has 0 spiro atoms. The van der Waals surface area contributed by atoms with E-state index >= 15 is 0 Å². The summed E-state index contributed by atoms with van der Waals surface area (Å²) < 4.78 is 11.7. The van der Waals surface area contributed by atoms with Crippen molar-refractivity contribution in [3.05, 3.63) is 48.6 Å². The van der Waals surface area contributed by atoms with Crippen molar-refractivity contribution in [2.45, 2.75) is 50.5 Å². The molecule has 3 fully saturated rings. The average molecular weight is 413 g/mol. The van der Waals surface area contributed by atoms with Gasteiger partial charge in [-0.25, -0.2) is 4.79 Å². The van der Waals surface area contributed by atoms with Crippen LogP contribution in [0.2, 0.25) is 0 Å². The third-order valence-corrected chi connectivity index (χ3v) is 7.10. The quantitative estimate of drug-likeness (QED) is 0.581. The molecule has 0 radical (unpaired) electrons. The van der Waals surface area contributed by atoms with Crippen LogP contribution in [0.3, 0.4) is 0 Å². The fourth-order valence-electron chi connectivity index (χ4n) is 4.88. The Morgan fingerprint density at radius 1 is 1.23 bits per heavy atom. The van der Waals surface area contributed by atoms with E-state index in [4.69, 9.17) is 9.47 Å². The van der Waals surface area contributed by atoms with Gasteiger partial charge in [-0.3, -0.25) is 0 Å². The number of benzene rings is 1. The fraction of sp³-hybridized carbons (Fsp3) is 0.640. The summed E-state index contributed by atoms with van der Waals surface area (Å²) in [5.74, 6) is 1.14. The number of rotatable bonds is 10. The van der Waals surface area contributed by atoms with E-state index in [-0.39, 0.29) is 24.2 Å². The van der Waals surface area contributed by atoms with Crippen molar-refractivity contribution in [2.24, 2.45) is 11.3 Å². The Kier molecular flexibility index (Phi) is 7.11. The number of ether oxygens (including phenoxy) is 2. The highest BCUT2D eigenvalue weighted by molar-refractivity contribution is 5.69. The molecule has 3 aliphatic rings. The standard InChI is InChI=1S/C25H36N2O3/c1-2-15-30-24(28)27(23-16-22(23)21-9-4-3-5-10-21)18-25(11-13-26-14-12-25)19-29-17-20-7-6-8-20/h2-5,9-10,20,22-23,26H,1,6-8,11-19H2. The molecule has 1 heterocycles. The predicted octanol–water partition coefficient (Wildman–Crippen LogP) is 4.35. The first-order chi connectivity index (χ1) is 14.7. The Labute approximate surface area is 180 Å². The van der Waals surface area contributed by atoms with Gasteiger partial charge >= 0.3 is 6.09 Å². The number of nitrogens with one attached hydrogen (secondary N) is 1. The molecule has 0 bridgehead atoms. The SMILES string of the molecule is C=CCOC(=O)N(CC1(COCC2CCC2)CCNCC1)C1CC1c1ccccc1. The van der Waals surface area contributed by atoms with Gasteiger partial charge in [0.15, 0.2) is 0 Å². The second kappa shape index (κ2) is 9.97. The maximum Gasteiger partial charge on any atom is 0.410 e. The summed E-state index contributed by atoms with van der Waals surface area (Å²) in [5.41, 5.74) is 1.32. The van der Waals surface area contributed by atoms with E-state index in [1.165, 1.54) is 24.8 Å². The van der Waals surface area contributed by atoms with Crippen molar-refractivity contribution in [1.29, 1.82) is 0 Å². The van der Waals surface area contributed by atoms with Crippen LogP contribution in [-0.2, 0) is 9.47 Å². The Balaban J connectivity index is 1.45. The lowest BCUT2D eigenvalue weighted by Crippen LogP contribution is -2.50. The number of hydrogen-bond donors (Lipinski definition) is 1. The first kappa shape index (κ1) is 21.4.